The minimum Gasteiger partial charge on any atom is -0.492 e. The van der Waals surface area contributed by atoms with Gasteiger partial charge in [-0.2, -0.15) is 26.3 Å². The number of hydrogen-bond acceptors (Lipinski definition) is 15. The Labute approximate surface area is 583 Å². The zero-order valence-electron chi connectivity index (χ0n) is 57.9. The maximum absolute atomic E-state index is 13.7. The number of ether oxygens (including phenoxy) is 3. The van der Waals surface area contributed by atoms with E-state index in [2.05, 4.69) is 74.1 Å². The SMILES string of the molecule is C#CCNC(=O)OC(C)(C)C.CC(C)[C@H]1NC(=O)C(Cc2cccc(C(F)(F)F)c2)NCCOc2ccccc2CCCNC(=O)[C@H](CN=[N+]=[N-])NC1=O.CCc1cnnn1C[C@@H]1NC(=O)[C@@H](C(C)C)NC(=O)C(Cc2cccc(C(F)(F)F)c2)NCCOc2ccccc2CCCNC1=O. The van der Waals surface area contributed by atoms with Gasteiger partial charge in [-0.15, -0.1) is 11.5 Å². The van der Waals surface area contributed by atoms with Gasteiger partial charge >= 0.3 is 18.4 Å². The second-order valence-electron chi connectivity index (χ2n) is 25.3. The molecular formula is C70H91F6N15O10. The molecule has 0 fully saturated rings. The van der Waals surface area contributed by atoms with Crippen molar-refractivity contribution in [2.75, 3.05) is 52.5 Å². The second kappa shape index (κ2) is 40.4. The number of alkyl halides is 6. The summed E-state index contributed by atoms with van der Waals surface area (Å²) in [6, 6.07) is 18.0. The van der Waals surface area contributed by atoms with Gasteiger partial charge in [0.25, 0.3) is 0 Å². The summed E-state index contributed by atoms with van der Waals surface area (Å²) < 4.78 is 98.8. The Morgan fingerprint density at radius 2 is 1.13 bits per heavy atom. The van der Waals surface area contributed by atoms with E-state index in [0.29, 0.717) is 62.3 Å². The highest BCUT2D eigenvalue weighted by molar-refractivity contribution is 5.94. The number of halogens is 6. The zero-order valence-corrected chi connectivity index (χ0v) is 57.9. The predicted octanol–water partition coefficient (Wildman–Crippen LogP) is 7.25. The maximum Gasteiger partial charge on any atom is 0.416 e. The van der Waals surface area contributed by atoms with Crippen LogP contribution in [0.5, 0.6) is 11.5 Å². The number of para-hydroxylation sites is 2. The van der Waals surface area contributed by atoms with E-state index in [0.717, 1.165) is 41.1 Å². The Balaban J connectivity index is 0.000000317. The second-order valence-corrected chi connectivity index (χ2v) is 25.3. The molecule has 3 heterocycles. The summed E-state index contributed by atoms with van der Waals surface area (Å²) in [7, 11) is 0. The van der Waals surface area contributed by atoms with Gasteiger partial charge in [0, 0.05) is 31.1 Å². The van der Waals surface area contributed by atoms with Crippen molar-refractivity contribution in [2.24, 2.45) is 17.0 Å². The molecule has 25 nitrogen and oxygen atoms in total. The Morgan fingerprint density at radius 3 is 1.56 bits per heavy atom. The summed E-state index contributed by atoms with van der Waals surface area (Å²) in [5.74, 6) is -0.680. The lowest BCUT2D eigenvalue weighted by Gasteiger charge is -2.28. The minimum absolute atomic E-state index is 0.0237. The third kappa shape index (κ3) is 28.3. The predicted molar refractivity (Wildman–Crippen MR) is 364 cm³/mol. The number of hydrogen-bond donors (Lipinski definition) is 9. The Hall–Kier alpha value is -9.92. The lowest BCUT2D eigenvalue weighted by Crippen LogP contribution is -2.59. The van der Waals surface area contributed by atoms with Gasteiger partial charge < -0.3 is 62.1 Å². The highest BCUT2D eigenvalue weighted by Crippen LogP contribution is 2.31. The number of carbonyl (C=O) groups excluding carboxylic acids is 7. The molecule has 101 heavy (non-hydrogen) atoms. The number of nitrogens with zero attached hydrogens (tertiary/aromatic N) is 6. The third-order valence-electron chi connectivity index (χ3n) is 15.5. The van der Waals surface area contributed by atoms with Crippen LogP contribution in [0.2, 0.25) is 0 Å². The molecule has 0 bridgehead atoms. The first-order valence-corrected chi connectivity index (χ1v) is 33.2. The van der Waals surface area contributed by atoms with Crippen LogP contribution in [-0.2, 0) is 84.5 Å². The van der Waals surface area contributed by atoms with Gasteiger partial charge in [0.2, 0.25) is 35.4 Å². The summed E-state index contributed by atoms with van der Waals surface area (Å²) in [4.78, 5) is 94.0. The number of benzene rings is 4. The summed E-state index contributed by atoms with van der Waals surface area (Å²) in [6.07, 6.45) is -0.252. The van der Waals surface area contributed by atoms with Crippen molar-refractivity contribution in [3.63, 3.8) is 0 Å². The van der Waals surface area contributed by atoms with E-state index in [1.165, 1.54) is 24.3 Å². The molecule has 548 valence electrons. The summed E-state index contributed by atoms with van der Waals surface area (Å²) in [6.45, 7) is 15.5. The van der Waals surface area contributed by atoms with Gasteiger partial charge in [-0.05, 0) is 130 Å². The van der Waals surface area contributed by atoms with E-state index in [1.54, 1.807) is 65.4 Å². The number of aryl methyl sites for hydroxylation is 3. The van der Waals surface area contributed by atoms with E-state index in [-0.39, 0.29) is 70.3 Å². The summed E-state index contributed by atoms with van der Waals surface area (Å²) in [5.41, 5.74) is 9.84. The molecule has 2 aliphatic rings. The fourth-order valence-corrected chi connectivity index (χ4v) is 10.4. The lowest BCUT2D eigenvalue weighted by atomic mass is 9.99. The topological polar surface area (TPSA) is 335 Å². The number of alkyl carbamates (subject to hydrolysis) is 1. The van der Waals surface area contributed by atoms with Crippen molar-refractivity contribution in [1.29, 1.82) is 0 Å². The van der Waals surface area contributed by atoms with Gasteiger partial charge in [-0.1, -0.05) is 124 Å². The van der Waals surface area contributed by atoms with E-state index in [9.17, 15) is 59.9 Å². The van der Waals surface area contributed by atoms with Gasteiger partial charge in [0.15, 0.2) is 0 Å². The van der Waals surface area contributed by atoms with Crippen LogP contribution in [0.3, 0.4) is 0 Å². The number of nitrogens with one attached hydrogen (secondary N) is 9. The van der Waals surface area contributed by atoms with Gasteiger partial charge in [0.1, 0.15) is 54.5 Å². The summed E-state index contributed by atoms with van der Waals surface area (Å²) >= 11 is 0. The van der Waals surface area contributed by atoms with Gasteiger partial charge in [-0.3, -0.25) is 28.8 Å². The molecular weight excluding hydrogens is 1320 g/mol. The number of carbonyl (C=O) groups is 7. The van der Waals surface area contributed by atoms with Crippen molar-refractivity contribution in [2.45, 2.75) is 161 Å². The molecule has 7 rings (SSSR count). The van der Waals surface area contributed by atoms with Crippen LogP contribution in [0.1, 0.15) is 107 Å². The molecule has 31 heteroatoms. The fraction of sp³-hybridized carbons (Fsp3) is 0.500. The van der Waals surface area contributed by atoms with E-state index in [4.69, 9.17) is 26.2 Å². The molecule has 0 saturated carbocycles. The maximum atomic E-state index is 13.7. The number of aromatic nitrogens is 3. The van der Waals surface area contributed by atoms with Crippen molar-refractivity contribution in [3.05, 3.63) is 153 Å². The van der Waals surface area contributed by atoms with Crippen LogP contribution in [0, 0.1) is 24.2 Å². The molecule has 4 aromatic carbocycles. The van der Waals surface area contributed by atoms with Crippen LogP contribution in [0.25, 0.3) is 10.4 Å². The van der Waals surface area contributed by atoms with Crippen molar-refractivity contribution < 1.29 is 74.1 Å². The first-order valence-electron chi connectivity index (χ1n) is 33.2. The molecule has 5 aromatic rings. The highest BCUT2D eigenvalue weighted by atomic mass is 19.4. The average molecular weight is 1420 g/mol. The van der Waals surface area contributed by atoms with Crippen molar-refractivity contribution >= 4 is 41.5 Å². The monoisotopic (exact) mass is 1420 g/mol. The van der Waals surface area contributed by atoms with Crippen molar-refractivity contribution in [1.82, 2.24) is 62.8 Å². The number of azide groups is 1. The molecule has 2 aliphatic heterocycles. The van der Waals surface area contributed by atoms with Crippen LogP contribution in [0.4, 0.5) is 31.1 Å². The van der Waals surface area contributed by atoms with Crippen molar-refractivity contribution in [3.8, 4) is 23.8 Å². The smallest absolute Gasteiger partial charge is 0.416 e. The van der Waals surface area contributed by atoms with Crippen LogP contribution in [0.15, 0.2) is 108 Å². The lowest BCUT2D eigenvalue weighted by molar-refractivity contribution is -0.138. The fourth-order valence-electron chi connectivity index (χ4n) is 10.4. The van der Waals surface area contributed by atoms with E-state index in [1.807, 2.05) is 49.4 Å². The largest absolute Gasteiger partial charge is 0.492 e. The molecule has 0 aliphatic carbocycles. The molecule has 0 saturated heterocycles. The third-order valence-corrected chi connectivity index (χ3v) is 15.5. The van der Waals surface area contributed by atoms with Crippen LogP contribution in [-0.4, -0.2) is 151 Å². The van der Waals surface area contributed by atoms with E-state index < -0.39 is 113 Å². The Bertz CT molecular complexity index is 3630. The first-order chi connectivity index (χ1) is 47.9. The Morgan fingerprint density at radius 1 is 0.663 bits per heavy atom. The Kier molecular flexibility index (Phi) is 32.7. The molecule has 9 N–H and O–H groups in total. The van der Waals surface area contributed by atoms with Gasteiger partial charge in [-0.25, -0.2) is 9.48 Å². The summed E-state index contributed by atoms with van der Waals surface area (Å²) in [5, 5.41) is 36.5. The number of fused-ring (bicyclic) bond motifs is 2. The molecule has 2 unspecified atom stereocenters. The molecule has 1 aromatic heterocycles. The number of terminal acetylenes is 1. The minimum atomic E-state index is -4.55. The average Bonchev–Trinajstić information content (AvgIpc) is 1.46. The molecule has 7 amide bonds. The standard InChI is InChI=1S/C33H42F3N7O4.C29H36F3N7O4.C8H13NO2/c1-4-25-19-39-42-43(25)20-27-30(44)38-14-8-11-23-10-5-6-13-28(23)47-16-15-37-26(31(45)41-29(21(2)3)32(46)40-27)18-22-9-7-12-24(17-22)33(34,35)36;1-18(2)25-28(42)37-23(17-36-39-33)26(40)35-12-6-9-20-8-3-4-11-24(20)43-14-13-34-22(27(41)38-25)16-19-7-5-10-21(15-19)29(30,31)32;1-5-6-9-7(10)11-8(2,3)4/h5-7,9-10,12-13,17,19,21,26-27,29,37H,4,8,11,14-16,18,20H2,1-3H3,(H,38,44)(H,40,46)(H,41,45);3-5,7-8,10-11,15,18,22-23,25,34H,6,9,12-14,16-17H2,1-2H3,(H,35,40)(H,37,42)(H,38,41);1H,6H2,2-4H3,(H,9,10)/t26?,27-,29+;22?,23-,25+;/m00./s1. The zero-order chi connectivity index (χ0) is 74.3. The quantitative estimate of drug-likeness (QED) is 0.0195. The van der Waals surface area contributed by atoms with Crippen LogP contribution < -0.4 is 57.3 Å². The normalized spacial score (nSPS) is 19.7. The molecule has 0 radical (unpaired) electrons. The van der Waals surface area contributed by atoms with Crippen LogP contribution >= 0.6 is 0 Å². The first kappa shape index (κ1) is 81.8. The highest BCUT2D eigenvalue weighted by Gasteiger charge is 2.36. The van der Waals surface area contributed by atoms with E-state index >= 15 is 0 Å². The number of rotatable bonds is 12. The van der Waals surface area contributed by atoms with Gasteiger partial charge in [0.05, 0.1) is 54.7 Å². The number of amides is 7. The molecule has 0 spiro atoms. The molecule has 6 atom stereocenters.